The Bertz CT molecular complexity index is 256. The average Bonchev–Trinajstić information content (AvgIpc) is 2.80. The molecular formula is C9H13NOS. The Morgan fingerprint density at radius 2 is 2.42 bits per heavy atom. The highest BCUT2D eigenvalue weighted by Gasteiger charge is 2.44. The molecule has 3 heteroatoms. The molecular weight excluding hydrogens is 170 g/mol. The molecule has 12 heavy (non-hydrogen) atoms. The number of nitrogens with two attached hydrogens (primary N) is 1. The zero-order valence-corrected chi connectivity index (χ0v) is 7.68. The lowest BCUT2D eigenvalue weighted by atomic mass is 9.96. The Morgan fingerprint density at radius 3 is 2.83 bits per heavy atom. The summed E-state index contributed by atoms with van der Waals surface area (Å²) in [6.45, 7) is 0.345. The highest BCUT2D eigenvalue weighted by Crippen LogP contribution is 2.46. The molecule has 0 saturated heterocycles. The Morgan fingerprint density at radius 1 is 1.67 bits per heavy atom. The molecule has 1 atom stereocenters. The maximum atomic E-state index is 10.2. The fourth-order valence-electron chi connectivity index (χ4n) is 1.55. The summed E-state index contributed by atoms with van der Waals surface area (Å²) in [4.78, 5) is 1.02. The minimum Gasteiger partial charge on any atom is -0.383 e. The number of hydrogen-bond donors (Lipinski definition) is 2. The maximum absolute atomic E-state index is 10.2. The predicted molar refractivity (Wildman–Crippen MR) is 50.0 cm³/mol. The van der Waals surface area contributed by atoms with Crippen LogP contribution in [-0.4, -0.2) is 11.7 Å². The van der Waals surface area contributed by atoms with E-state index in [9.17, 15) is 5.11 Å². The van der Waals surface area contributed by atoms with Crippen molar-refractivity contribution in [3.05, 3.63) is 22.4 Å². The van der Waals surface area contributed by atoms with E-state index in [1.165, 1.54) is 0 Å². The van der Waals surface area contributed by atoms with Gasteiger partial charge in [-0.05, 0) is 30.2 Å². The molecule has 0 bridgehead atoms. The monoisotopic (exact) mass is 183 g/mol. The fourth-order valence-corrected chi connectivity index (χ4v) is 2.47. The van der Waals surface area contributed by atoms with Gasteiger partial charge in [0.25, 0.3) is 0 Å². The molecule has 1 heterocycles. The van der Waals surface area contributed by atoms with Crippen LogP contribution in [0, 0.1) is 5.92 Å². The molecule has 2 rings (SSSR count). The Labute approximate surface area is 76.0 Å². The molecule has 0 aliphatic heterocycles. The van der Waals surface area contributed by atoms with E-state index in [0.29, 0.717) is 12.5 Å². The molecule has 1 aliphatic rings. The second-order valence-corrected chi connectivity index (χ2v) is 4.33. The van der Waals surface area contributed by atoms with Gasteiger partial charge in [0.05, 0.1) is 0 Å². The second kappa shape index (κ2) is 2.83. The van der Waals surface area contributed by atoms with Crippen LogP contribution >= 0.6 is 11.3 Å². The SMILES string of the molecule is NCC(O)(c1cccs1)C1CC1. The van der Waals surface area contributed by atoms with Gasteiger partial charge < -0.3 is 10.8 Å². The highest BCUT2D eigenvalue weighted by molar-refractivity contribution is 7.10. The minimum atomic E-state index is -0.728. The zero-order valence-electron chi connectivity index (χ0n) is 6.86. The predicted octanol–water partition coefficient (Wildman–Crippen LogP) is 1.30. The standard InChI is InChI=1S/C9H13NOS/c10-6-9(11,7-3-4-7)8-2-1-5-12-8/h1-2,5,7,11H,3-4,6,10H2. The molecule has 66 valence electrons. The van der Waals surface area contributed by atoms with Gasteiger partial charge in [0.1, 0.15) is 5.60 Å². The number of rotatable bonds is 3. The molecule has 0 amide bonds. The molecule has 3 N–H and O–H groups in total. The lowest BCUT2D eigenvalue weighted by Crippen LogP contribution is -2.36. The first-order valence-electron chi connectivity index (χ1n) is 4.24. The molecule has 2 nitrogen and oxygen atoms in total. The first-order valence-corrected chi connectivity index (χ1v) is 5.12. The van der Waals surface area contributed by atoms with E-state index in [4.69, 9.17) is 5.73 Å². The molecule has 1 aliphatic carbocycles. The van der Waals surface area contributed by atoms with Crippen LogP contribution in [-0.2, 0) is 5.60 Å². The number of aliphatic hydroxyl groups is 1. The van der Waals surface area contributed by atoms with Gasteiger partial charge in [-0.25, -0.2) is 0 Å². The van der Waals surface area contributed by atoms with Crippen molar-refractivity contribution in [3.63, 3.8) is 0 Å². The van der Waals surface area contributed by atoms with Crippen LogP contribution in [0.2, 0.25) is 0 Å². The fraction of sp³-hybridized carbons (Fsp3) is 0.556. The van der Waals surface area contributed by atoms with Crippen LogP contribution < -0.4 is 5.73 Å². The second-order valence-electron chi connectivity index (χ2n) is 3.38. The van der Waals surface area contributed by atoms with Gasteiger partial charge in [0.2, 0.25) is 0 Å². The van der Waals surface area contributed by atoms with Crippen molar-refractivity contribution in [2.75, 3.05) is 6.54 Å². The average molecular weight is 183 g/mol. The molecule has 0 radical (unpaired) electrons. The van der Waals surface area contributed by atoms with Crippen LogP contribution in [0.5, 0.6) is 0 Å². The number of thiophene rings is 1. The molecule has 1 aromatic rings. The van der Waals surface area contributed by atoms with Crippen molar-refractivity contribution >= 4 is 11.3 Å². The highest BCUT2D eigenvalue weighted by atomic mass is 32.1. The summed E-state index contributed by atoms with van der Waals surface area (Å²) in [6, 6.07) is 3.93. The van der Waals surface area contributed by atoms with E-state index in [0.717, 1.165) is 17.7 Å². The summed E-state index contributed by atoms with van der Waals surface area (Å²) in [7, 11) is 0. The summed E-state index contributed by atoms with van der Waals surface area (Å²) in [6.07, 6.45) is 2.23. The van der Waals surface area contributed by atoms with Crippen molar-refractivity contribution in [1.82, 2.24) is 0 Å². The van der Waals surface area contributed by atoms with Gasteiger partial charge in [-0.3, -0.25) is 0 Å². The normalized spacial score (nSPS) is 22.2. The van der Waals surface area contributed by atoms with Crippen molar-refractivity contribution < 1.29 is 5.11 Å². The van der Waals surface area contributed by atoms with Gasteiger partial charge in [0.15, 0.2) is 0 Å². The van der Waals surface area contributed by atoms with Crippen LogP contribution in [0.1, 0.15) is 17.7 Å². The minimum absolute atomic E-state index is 0.345. The molecule has 1 fully saturated rings. The van der Waals surface area contributed by atoms with Gasteiger partial charge in [0, 0.05) is 11.4 Å². The van der Waals surface area contributed by atoms with E-state index in [2.05, 4.69) is 0 Å². The third-order valence-corrected chi connectivity index (χ3v) is 3.55. The lowest BCUT2D eigenvalue weighted by Gasteiger charge is -2.24. The molecule has 1 aromatic heterocycles. The Kier molecular flexibility index (Phi) is 1.94. The van der Waals surface area contributed by atoms with E-state index >= 15 is 0 Å². The van der Waals surface area contributed by atoms with Gasteiger partial charge in [-0.15, -0.1) is 11.3 Å². The first kappa shape index (κ1) is 8.23. The van der Waals surface area contributed by atoms with Gasteiger partial charge >= 0.3 is 0 Å². The first-order chi connectivity index (χ1) is 5.77. The smallest absolute Gasteiger partial charge is 0.114 e. The third-order valence-electron chi connectivity index (χ3n) is 2.51. The van der Waals surface area contributed by atoms with Crippen LogP contribution in [0.3, 0.4) is 0 Å². The molecule has 0 aromatic carbocycles. The molecule has 1 unspecified atom stereocenters. The Hall–Kier alpha value is -0.380. The molecule has 0 spiro atoms. The van der Waals surface area contributed by atoms with Crippen molar-refractivity contribution in [2.45, 2.75) is 18.4 Å². The Balaban J connectivity index is 2.27. The lowest BCUT2D eigenvalue weighted by molar-refractivity contribution is 0.0259. The third kappa shape index (κ3) is 1.18. The largest absolute Gasteiger partial charge is 0.383 e. The molecule has 1 saturated carbocycles. The zero-order chi connectivity index (χ0) is 8.60. The van der Waals surface area contributed by atoms with E-state index < -0.39 is 5.60 Å². The van der Waals surface area contributed by atoms with E-state index in [1.54, 1.807) is 11.3 Å². The van der Waals surface area contributed by atoms with Crippen molar-refractivity contribution in [1.29, 1.82) is 0 Å². The van der Waals surface area contributed by atoms with Crippen molar-refractivity contribution in [3.8, 4) is 0 Å². The van der Waals surface area contributed by atoms with Crippen LogP contribution in [0.15, 0.2) is 17.5 Å². The van der Waals surface area contributed by atoms with Crippen LogP contribution in [0.4, 0.5) is 0 Å². The van der Waals surface area contributed by atoms with Crippen molar-refractivity contribution in [2.24, 2.45) is 11.7 Å². The summed E-state index contributed by atoms with van der Waals surface area (Å²) in [5, 5.41) is 12.2. The summed E-state index contributed by atoms with van der Waals surface area (Å²) >= 11 is 1.59. The topological polar surface area (TPSA) is 46.2 Å². The summed E-state index contributed by atoms with van der Waals surface area (Å²) < 4.78 is 0. The van der Waals surface area contributed by atoms with Crippen LogP contribution in [0.25, 0.3) is 0 Å². The number of hydrogen-bond acceptors (Lipinski definition) is 3. The quantitative estimate of drug-likeness (QED) is 0.742. The maximum Gasteiger partial charge on any atom is 0.114 e. The summed E-state index contributed by atoms with van der Waals surface area (Å²) in [5.74, 6) is 0.404. The van der Waals surface area contributed by atoms with Gasteiger partial charge in [-0.1, -0.05) is 6.07 Å². The van der Waals surface area contributed by atoms with E-state index in [-0.39, 0.29) is 0 Å². The summed E-state index contributed by atoms with van der Waals surface area (Å²) in [5.41, 5.74) is 4.87. The van der Waals surface area contributed by atoms with E-state index in [1.807, 2.05) is 17.5 Å². The van der Waals surface area contributed by atoms with Gasteiger partial charge in [-0.2, -0.15) is 0 Å².